The van der Waals surface area contributed by atoms with Gasteiger partial charge in [0.1, 0.15) is 0 Å². The fourth-order valence-electron chi connectivity index (χ4n) is 0.163. The quantitative estimate of drug-likeness (QED) is 0.369. The van der Waals surface area contributed by atoms with Gasteiger partial charge in [0.2, 0.25) is 0 Å². The Kier molecular flexibility index (Phi) is 34.5. The Morgan fingerprint density at radius 1 is 0.857 bits per heavy atom. The average molecular weight is 333 g/mol. The molecular formula is C3H6Mg2O7Zn2. The first-order valence-corrected chi connectivity index (χ1v) is 1.88. The molecule has 0 aromatic carbocycles. The van der Waals surface area contributed by atoms with Crippen molar-refractivity contribution in [1.29, 1.82) is 0 Å². The maximum Gasteiger partial charge on any atom is 2.00 e. The minimum atomic E-state index is -1.92. The van der Waals surface area contributed by atoms with Crippen molar-refractivity contribution in [2.75, 3.05) is 0 Å². The second kappa shape index (κ2) is 16.4. The van der Waals surface area contributed by atoms with Gasteiger partial charge in [0.25, 0.3) is 0 Å². The van der Waals surface area contributed by atoms with Gasteiger partial charge in [-0.3, -0.25) is 0 Å². The molecule has 14 heavy (non-hydrogen) atoms. The van der Waals surface area contributed by atoms with Crippen molar-refractivity contribution in [2.45, 2.75) is 0 Å². The van der Waals surface area contributed by atoms with Crippen LogP contribution in [-0.4, -0.2) is 74.8 Å². The number of carbonyl (C=O) groups is 3. The van der Waals surface area contributed by atoms with E-state index in [0.29, 0.717) is 0 Å². The van der Waals surface area contributed by atoms with E-state index >= 15 is 0 Å². The summed E-state index contributed by atoms with van der Waals surface area (Å²) in [7, 11) is 0. The van der Waals surface area contributed by atoms with Crippen LogP contribution in [0.1, 0.15) is 5.71 Å². The van der Waals surface area contributed by atoms with E-state index in [1.807, 2.05) is 0 Å². The second-order valence-electron chi connectivity index (χ2n) is 0.986. The SMILES string of the molecule is O=C(O)OC(=O)OC(=O)O.[H-].[H-].[H-].[H-].[Mg+2].[Mg+2].[Zn].[Zn]. The number of hydrogen-bond donors (Lipinski definition) is 2. The summed E-state index contributed by atoms with van der Waals surface area (Å²) >= 11 is 0. The summed E-state index contributed by atoms with van der Waals surface area (Å²) in [6.45, 7) is 0. The third-order valence-corrected chi connectivity index (χ3v) is 0.341. The van der Waals surface area contributed by atoms with E-state index in [-0.39, 0.29) is 90.8 Å². The van der Waals surface area contributed by atoms with E-state index in [9.17, 15) is 14.4 Å². The van der Waals surface area contributed by atoms with Crippen molar-refractivity contribution in [2.24, 2.45) is 0 Å². The van der Waals surface area contributed by atoms with Crippen LogP contribution in [0.15, 0.2) is 0 Å². The van der Waals surface area contributed by atoms with Gasteiger partial charge in [-0.15, -0.1) is 0 Å². The van der Waals surface area contributed by atoms with Crippen LogP contribution in [0, 0.1) is 0 Å². The molecule has 11 heteroatoms. The Hall–Kier alpha value is 0.989. The Labute approximate surface area is 142 Å². The van der Waals surface area contributed by atoms with Crippen molar-refractivity contribution < 1.29 is 78.7 Å². The van der Waals surface area contributed by atoms with Crippen LogP contribution in [0.2, 0.25) is 0 Å². The zero-order valence-corrected chi connectivity index (χ0v) is 16.0. The summed E-state index contributed by atoms with van der Waals surface area (Å²) in [6, 6.07) is 0. The summed E-state index contributed by atoms with van der Waals surface area (Å²) in [5, 5.41) is 15.4. The predicted molar refractivity (Wildman–Crippen MR) is 39.6 cm³/mol. The number of carboxylic acid groups (broad SMARTS) is 2. The molecule has 0 amide bonds. The Morgan fingerprint density at radius 3 is 1.21 bits per heavy atom. The molecule has 0 saturated heterocycles. The molecule has 0 fully saturated rings. The average Bonchev–Trinajstić information content (AvgIpc) is 1.58. The van der Waals surface area contributed by atoms with E-state index in [4.69, 9.17) is 10.2 Å². The maximum atomic E-state index is 9.86. The largest absolute Gasteiger partial charge is 2.00 e. The molecule has 0 spiro atoms. The summed E-state index contributed by atoms with van der Waals surface area (Å²) in [4.78, 5) is 28.8. The molecule has 7 nitrogen and oxygen atoms in total. The monoisotopic (exact) mass is 330 g/mol. The van der Waals surface area contributed by atoms with Gasteiger partial charge in [-0.05, 0) is 0 Å². The van der Waals surface area contributed by atoms with Crippen LogP contribution in [0.4, 0.5) is 14.4 Å². The number of rotatable bonds is 0. The third kappa shape index (κ3) is 23.1. The number of ether oxygens (including phenoxy) is 2. The van der Waals surface area contributed by atoms with Crippen LogP contribution in [0.3, 0.4) is 0 Å². The molecule has 0 heterocycles. The van der Waals surface area contributed by atoms with Gasteiger partial charge >= 0.3 is 64.6 Å². The van der Waals surface area contributed by atoms with Crippen molar-refractivity contribution in [1.82, 2.24) is 0 Å². The fraction of sp³-hybridized carbons (Fsp3) is 0. The van der Waals surface area contributed by atoms with Gasteiger partial charge in [0.05, 0.1) is 0 Å². The van der Waals surface area contributed by atoms with Gasteiger partial charge in [0.15, 0.2) is 0 Å². The molecule has 0 aliphatic heterocycles. The molecule has 0 radical (unpaired) electrons. The second-order valence-corrected chi connectivity index (χ2v) is 0.986. The minimum absolute atomic E-state index is 0. The fourth-order valence-corrected chi connectivity index (χ4v) is 0.163. The van der Waals surface area contributed by atoms with Gasteiger partial charge < -0.3 is 25.4 Å². The third-order valence-electron chi connectivity index (χ3n) is 0.341. The summed E-state index contributed by atoms with van der Waals surface area (Å²) in [5.41, 5.74) is 0. The van der Waals surface area contributed by atoms with E-state index in [0.717, 1.165) is 0 Å². The molecule has 0 aliphatic carbocycles. The molecule has 68 valence electrons. The summed E-state index contributed by atoms with van der Waals surface area (Å²) in [5.74, 6) is 0. The number of hydrogen-bond acceptors (Lipinski definition) is 5. The van der Waals surface area contributed by atoms with Gasteiger partial charge in [-0.1, -0.05) is 0 Å². The Bertz CT molecular complexity index is 182. The molecule has 0 aliphatic rings. The zero-order chi connectivity index (χ0) is 8.15. The first-order valence-electron chi connectivity index (χ1n) is 1.88. The number of carbonyl (C=O) groups excluding carboxylic acids is 1. The van der Waals surface area contributed by atoms with Crippen molar-refractivity contribution in [3.05, 3.63) is 0 Å². The first-order chi connectivity index (χ1) is 4.52. The van der Waals surface area contributed by atoms with Gasteiger partial charge in [-0.25, -0.2) is 14.4 Å². The molecule has 0 aromatic rings. The van der Waals surface area contributed by atoms with Gasteiger partial charge in [0, 0.05) is 39.0 Å². The van der Waals surface area contributed by atoms with Crippen LogP contribution in [0.25, 0.3) is 0 Å². The molecule has 2 N–H and O–H groups in total. The van der Waals surface area contributed by atoms with Crippen molar-refractivity contribution in [3.8, 4) is 0 Å². The molecule has 0 unspecified atom stereocenters. The summed E-state index contributed by atoms with van der Waals surface area (Å²) in [6.07, 6.45) is -5.64. The van der Waals surface area contributed by atoms with Crippen molar-refractivity contribution >= 4 is 64.6 Å². The van der Waals surface area contributed by atoms with Crippen LogP contribution >= 0.6 is 0 Å². The molecule has 0 bridgehead atoms. The van der Waals surface area contributed by atoms with E-state index in [1.165, 1.54) is 0 Å². The normalized spacial score (nSPS) is 5.71. The predicted octanol–water partition coefficient (Wildman–Crippen LogP) is 0.179. The van der Waals surface area contributed by atoms with Crippen molar-refractivity contribution in [3.63, 3.8) is 0 Å². The summed E-state index contributed by atoms with van der Waals surface area (Å²) < 4.78 is 6.47. The van der Waals surface area contributed by atoms with E-state index in [2.05, 4.69) is 9.47 Å². The molecule has 0 aromatic heterocycles. The maximum absolute atomic E-state index is 9.86. The van der Waals surface area contributed by atoms with Gasteiger partial charge in [-0.2, -0.15) is 0 Å². The molecule has 0 rings (SSSR count). The smallest absolute Gasteiger partial charge is 1.00 e. The van der Waals surface area contributed by atoms with Crippen LogP contribution in [0.5, 0.6) is 0 Å². The molecular weight excluding hydrogens is 327 g/mol. The van der Waals surface area contributed by atoms with Crippen LogP contribution < -0.4 is 0 Å². The zero-order valence-electron chi connectivity index (χ0n) is 11.3. The van der Waals surface area contributed by atoms with Crippen LogP contribution in [-0.2, 0) is 48.4 Å². The standard InChI is InChI=1S/C3H2O7.2Mg.2Zn.4H/c4-1(5)9-3(8)10-2(6)7;;;;;;;;/h(H,4,5)(H,6,7);;;;;;;;/q;2*+2;;;4*-1. The Morgan fingerprint density at radius 2 is 1.07 bits per heavy atom. The minimum Gasteiger partial charge on any atom is -1.00 e. The van der Waals surface area contributed by atoms with E-state index in [1.54, 1.807) is 0 Å². The topological polar surface area (TPSA) is 110 Å². The Balaban J connectivity index is -0.0000000145. The first kappa shape index (κ1) is 29.4. The molecule has 0 saturated carbocycles. The molecule has 0 atom stereocenters. The van der Waals surface area contributed by atoms with E-state index < -0.39 is 18.5 Å².